The third kappa shape index (κ3) is 5.48. The molecule has 0 unspecified atom stereocenters. The average molecular weight is 596 g/mol. The van der Waals surface area contributed by atoms with Gasteiger partial charge in [-0.15, -0.1) is 0 Å². The molecule has 5 rings (SSSR count). The first-order valence-electron chi connectivity index (χ1n) is 13.6. The van der Waals surface area contributed by atoms with Gasteiger partial charge in [0.1, 0.15) is 23.8 Å². The summed E-state index contributed by atoms with van der Waals surface area (Å²) in [5, 5.41) is 2.97. The zero-order valence-corrected chi connectivity index (χ0v) is 24.3. The Morgan fingerprint density at radius 3 is 2.45 bits per heavy atom. The standard InChI is InChI=1S/C31H31F2N3O5S/c1-19-6-5-14-35(19)31(38)22-8-4-7-21(16-22)24-17-25-27(18-26(24)36(15-13-32)42(3,39)40)41-29(28(25)30(37)34-2)20-9-11-23(33)12-10-20/h4,7-12,16-19H,5-6,13-15H2,1-3H3,(H,34,37)/t19-/m1/s1. The van der Waals surface area contributed by atoms with E-state index in [4.69, 9.17) is 4.42 Å². The molecule has 8 nitrogen and oxygen atoms in total. The maximum absolute atomic E-state index is 13.7. The lowest BCUT2D eigenvalue weighted by Gasteiger charge is -2.25. The number of amides is 2. The fourth-order valence-corrected chi connectivity index (χ4v) is 6.40. The number of nitrogens with zero attached hydrogens (tertiary/aromatic N) is 2. The number of fused-ring (bicyclic) bond motifs is 1. The van der Waals surface area contributed by atoms with Gasteiger partial charge in [-0.05, 0) is 67.8 Å². The van der Waals surface area contributed by atoms with Crippen molar-refractivity contribution in [3.8, 4) is 22.5 Å². The Labute approximate surface area is 243 Å². The second kappa shape index (κ2) is 11.6. The first-order valence-corrected chi connectivity index (χ1v) is 15.4. The van der Waals surface area contributed by atoms with Crippen LogP contribution in [-0.4, -0.2) is 64.2 Å². The number of likely N-dealkylation sites (tertiary alicyclic amines) is 1. The number of hydrogen-bond donors (Lipinski definition) is 1. The predicted octanol–water partition coefficient (Wildman–Crippen LogP) is 5.63. The van der Waals surface area contributed by atoms with E-state index in [1.54, 1.807) is 30.3 Å². The molecular formula is C31H31F2N3O5S. The quantitative estimate of drug-likeness (QED) is 0.285. The molecule has 0 radical (unpaired) electrons. The highest BCUT2D eigenvalue weighted by Crippen LogP contribution is 2.42. The van der Waals surface area contributed by atoms with E-state index in [1.807, 2.05) is 11.8 Å². The van der Waals surface area contributed by atoms with Crippen LogP contribution in [0.1, 0.15) is 40.5 Å². The number of alkyl halides is 1. The van der Waals surface area contributed by atoms with Gasteiger partial charge >= 0.3 is 0 Å². The topological polar surface area (TPSA) is 99.9 Å². The summed E-state index contributed by atoms with van der Waals surface area (Å²) in [4.78, 5) is 28.3. The predicted molar refractivity (Wildman–Crippen MR) is 158 cm³/mol. The summed E-state index contributed by atoms with van der Waals surface area (Å²) in [7, 11) is -2.49. The first-order chi connectivity index (χ1) is 20.0. The Hall–Kier alpha value is -4.25. The van der Waals surface area contributed by atoms with Gasteiger partial charge in [-0.3, -0.25) is 13.9 Å². The van der Waals surface area contributed by atoms with Gasteiger partial charge in [-0.25, -0.2) is 17.2 Å². The van der Waals surface area contributed by atoms with Crippen molar-refractivity contribution in [3.63, 3.8) is 0 Å². The van der Waals surface area contributed by atoms with E-state index in [9.17, 15) is 26.8 Å². The smallest absolute Gasteiger partial charge is 0.255 e. The van der Waals surface area contributed by atoms with Crippen LogP contribution >= 0.6 is 0 Å². The first kappa shape index (κ1) is 29.2. The van der Waals surface area contributed by atoms with Crippen LogP contribution in [0.25, 0.3) is 33.4 Å². The number of carbonyl (C=O) groups excluding carboxylic acids is 2. The van der Waals surface area contributed by atoms with E-state index in [-0.39, 0.29) is 34.5 Å². The molecule has 1 aromatic heterocycles. The number of sulfonamides is 1. The minimum atomic E-state index is -3.95. The second-order valence-electron chi connectivity index (χ2n) is 10.4. The van der Waals surface area contributed by atoms with Gasteiger partial charge in [-0.2, -0.15) is 0 Å². The lowest BCUT2D eigenvalue weighted by molar-refractivity contribution is 0.0747. The van der Waals surface area contributed by atoms with Crippen molar-refractivity contribution in [2.24, 2.45) is 0 Å². The van der Waals surface area contributed by atoms with Gasteiger partial charge in [0.05, 0.1) is 24.1 Å². The van der Waals surface area contributed by atoms with Crippen molar-refractivity contribution in [2.45, 2.75) is 25.8 Å². The van der Waals surface area contributed by atoms with Gasteiger partial charge in [0.15, 0.2) is 0 Å². The van der Waals surface area contributed by atoms with Crippen molar-refractivity contribution in [3.05, 3.63) is 77.6 Å². The molecule has 2 amide bonds. The Morgan fingerprint density at radius 2 is 1.83 bits per heavy atom. The second-order valence-corrected chi connectivity index (χ2v) is 12.3. The van der Waals surface area contributed by atoms with Crippen LogP contribution in [0.2, 0.25) is 0 Å². The molecule has 1 saturated heterocycles. The number of rotatable bonds is 8. The molecule has 2 heterocycles. The average Bonchev–Trinajstić information content (AvgIpc) is 3.57. The molecule has 0 bridgehead atoms. The third-order valence-electron chi connectivity index (χ3n) is 7.56. The number of anilines is 1. The van der Waals surface area contributed by atoms with Gasteiger partial charge in [-0.1, -0.05) is 12.1 Å². The van der Waals surface area contributed by atoms with Crippen LogP contribution < -0.4 is 9.62 Å². The number of hydrogen-bond acceptors (Lipinski definition) is 5. The van der Waals surface area contributed by atoms with Gasteiger partial charge < -0.3 is 14.6 Å². The van der Waals surface area contributed by atoms with Crippen LogP contribution in [-0.2, 0) is 10.0 Å². The normalized spacial score (nSPS) is 15.3. The van der Waals surface area contributed by atoms with E-state index in [2.05, 4.69) is 5.32 Å². The zero-order chi connectivity index (χ0) is 30.2. The molecule has 4 aromatic rings. The summed E-state index contributed by atoms with van der Waals surface area (Å²) in [5.74, 6) is -0.909. The van der Waals surface area contributed by atoms with Crippen molar-refractivity contribution in [2.75, 3.05) is 37.4 Å². The molecule has 1 atom stereocenters. The highest BCUT2D eigenvalue weighted by Gasteiger charge is 2.29. The lowest BCUT2D eigenvalue weighted by atomic mass is 9.97. The molecule has 11 heteroatoms. The highest BCUT2D eigenvalue weighted by molar-refractivity contribution is 7.92. The Kier molecular flexibility index (Phi) is 8.05. The fraction of sp³-hybridized carbons (Fsp3) is 0.290. The molecule has 1 aliphatic rings. The Morgan fingerprint density at radius 1 is 1.10 bits per heavy atom. The van der Waals surface area contributed by atoms with E-state index in [1.165, 1.54) is 37.4 Å². The molecule has 1 fully saturated rings. The minimum absolute atomic E-state index is 0.101. The van der Waals surface area contributed by atoms with E-state index in [0.29, 0.717) is 34.2 Å². The largest absolute Gasteiger partial charge is 0.455 e. The monoisotopic (exact) mass is 595 g/mol. The minimum Gasteiger partial charge on any atom is -0.455 e. The molecule has 1 aliphatic heterocycles. The molecule has 1 N–H and O–H groups in total. The molecular weight excluding hydrogens is 564 g/mol. The van der Waals surface area contributed by atoms with Crippen molar-refractivity contribution < 1.29 is 31.2 Å². The van der Waals surface area contributed by atoms with Gasteiger partial charge in [0.25, 0.3) is 11.8 Å². The number of benzene rings is 3. The van der Waals surface area contributed by atoms with Crippen molar-refractivity contribution in [1.29, 1.82) is 0 Å². The summed E-state index contributed by atoms with van der Waals surface area (Å²) < 4.78 is 60.2. The summed E-state index contributed by atoms with van der Waals surface area (Å²) >= 11 is 0. The van der Waals surface area contributed by atoms with Crippen LogP contribution in [0.4, 0.5) is 14.5 Å². The molecule has 0 aliphatic carbocycles. The van der Waals surface area contributed by atoms with E-state index < -0.39 is 35.0 Å². The number of halogens is 2. The number of furan rings is 1. The van der Waals surface area contributed by atoms with E-state index >= 15 is 0 Å². The zero-order valence-electron chi connectivity index (χ0n) is 23.5. The van der Waals surface area contributed by atoms with E-state index in [0.717, 1.165) is 23.4 Å². The van der Waals surface area contributed by atoms with Crippen LogP contribution in [0.5, 0.6) is 0 Å². The molecule has 220 valence electrons. The van der Waals surface area contributed by atoms with Gasteiger partial charge in [0, 0.05) is 47.8 Å². The number of nitrogens with one attached hydrogen (secondary N) is 1. The molecule has 0 saturated carbocycles. The molecule has 3 aromatic carbocycles. The fourth-order valence-electron chi connectivity index (χ4n) is 5.49. The Balaban J connectivity index is 1.78. The summed E-state index contributed by atoms with van der Waals surface area (Å²) in [5.41, 5.74) is 2.20. The molecule has 42 heavy (non-hydrogen) atoms. The van der Waals surface area contributed by atoms with Crippen LogP contribution in [0.3, 0.4) is 0 Å². The van der Waals surface area contributed by atoms with Crippen molar-refractivity contribution in [1.82, 2.24) is 10.2 Å². The number of carbonyl (C=O) groups is 2. The Bertz CT molecular complexity index is 1770. The maximum atomic E-state index is 13.7. The van der Waals surface area contributed by atoms with Crippen molar-refractivity contribution >= 4 is 38.5 Å². The highest BCUT2D eigenvalue weighted by atomic mass is 32.2. The maximum Gasteiger partial charge on any atom is 0.255 e. The van der Waals surface area contributed by atoms with Gasteiger partial charge in [0.2, 0.25) is 10.0 Å². The molecule has 0 spiro atoms. The lowest BCUT2D eigenvalue weighted by Crippen LogP contribution is -2.33. The summed E-state index contributed by atoms with van der Waals surface area (Å²) in [6, 6.07) is 15.4. The summed E-state index contributed by atoms with van der Waals surface area (Å²) in [6.45, 7) is 1.25. The van der Waals surface area contributed by atoms with Crippen LogP contribution in [0.15, 0.2) is 65.1 Å². The van der Waals surface area contributed by atoms with Crippen LogP contribution in [0, 0.1) is 5.82 Å². The third-order valence-corrected chi connectivity index (χ3v) is 8.74. The summed E-state index contributed by atoms with van der Waals surface area (Å²) in [6.07, 6.45) is 2.81. The SMILES string of the molecule is CNC(=O)c1c(-c2ccc(F)cc2)oc2cc(N(CCF)S(C)(=O)=O)c(-c3cccc(C(=O)N4CCC[C@H]4C)c3)cc12.